The van der Waals surface area contributed by atoms with Crippen LogP contribution in [0.3, 0.4) is 0 Å². The van der Waals surface area contributed by atoms with Crippen LogP contribution in [-0.2, 0) is 14.2 Å². The normalized spacial score (nSPS) is 23.9. The molecular weight excluding hydrogens is 348 g/mol. The Labute approximate surface area is 163 Å². The van der Waals surface area contributed by atoms with Crippen LogP contribution in [0.15, 0.2) is 0 Å². The summed E-state index contributed by atoms with van der Waals surface area (Å²) in [5.41, 5.74) is 4.72. The minimum Gasteiger partial charge on any atom is -0.449 e. The summed E-state index contributed by atoms with van der Waals surface area (Å²) in [6.45, 7) is 11.8. The molecule has 3 unspecified atom stereocenters. The van der Waals surface area contributed by atoms with Crippen LogP contribution in [0, 0.1) is 16.7 Å². The van der Waals surface area contributed by atoms with E-state index in [2.05, 4.69) is 26.1 Å². The summed E-state index contributed by atoms with van der Waals surface area (Å²) in [6, 6.07) is 0.116. The lowest BCUT2D eigenvalue weighted by Gasteiger charge is -2.39. The molecule has 0 aromatic rings. The molecule has 1 aliphatic carbocycles. The Balaban J connectivity index is 2.61. The summed E-state index contributed by atoms with van der Waals surface area (Å²) in [4.78, 5) is 23.4. The van der Waals surface area contributed by atoms with Gasteiger partial charge in [-0.25, -0.2) is 9.59 Å². The van der Waals surface area contributed by atoms with Crippen molar-refractivity contribution < 1.29 is 23.8 Å². The van der Waals surface area contributed by atoms with Crippen LogP contribution in [0.1, 0.15) is 66.7 Å². The quantitative estimate of drug-likeness (QED) is 0.556. The van der Waals surface area contributed by atoms with Crippen molar-refractivity contribution in [3.63, 3.8) is 0 Å². The van der Waals surface area contributed by atoms with Gasteiger partial charge in [-0.2, -0.15) is 0 Å². The minimum absolute atomic E-state index is 0.0589. The molecule has 0 bridgehead atoms. The molecule has 7 nitrogen and oxygen atoms in total. The zero-order chi connectivity index (χ0) is 20.5. The summed E-state index contributed by atoms with van der Waals surface area (Å²) in [7, 11) is 0. The summed E-state index contributed by atoms with van der Waals surface area (Å²) in [6.07, 6.45) is 3.30. The Morgan fingerprint density at radius 3 is 2.37 bits per heavy atom. The highest BCUT2D eigenvalue weighted by Gasteiger charge is 2.35. The van der Waals surface area contributed by atoms with E-state index in [1.165, 1.54) is 6.42 Å². The molecule has 0 radical (unpaired) electrons. The van der Waals surface area contributed by atoms with Crippen molar-refractivity contribution in [2.24, 2.45) is 22.5 Å². The van der Waals surface area contributed by atoms with Gasteiger partial charge in [-0.3, -0.25) is 0 Å². The van der Waals surface area contributed by atoms with E-state index in [4.69, 9.17) is 19.9 Å². The summed E-state index contributed by atoms with van der Waals surface area (Å²) in [5, 5.41) is 3.00. The molecule has 1 saturated carbocycles. The largest absolute Gasteiger partial charge is 0.449 e. The molecular formula is C20H38N2O5. The zero-order valence-corrected chi connectivity index (χ0v) is 17.6. The molecule has 27 heavy (non-hydrogen) atoms. The standard InChI is InChI=1S/C20H38N2O5/c1-6-8-25-12-20(7-2,13-26-17(21)23)14-27-18(24)22-16-9-15(3)10-19(4,5)11-16/h15-16H,6-14H2,1-5H3,(H2,21,23)(H,22,24). The van der Waals surface area contributed by atoms with Gasteiger partial charge in [0.2, 0.25) is 0 Å². The Morgan fingerprint density at radius 1 is 1.15 bits per heavy atom. The first kappa shape index (κ1) is 23.5. The number of primary amides is 1. The number of carbonyl (C=O) groups excluding carboxylic acids is 2. The van der Waals surface area contributed by atoms with Gasteiger partial charge in [0.05, 0.1) is 12.0 Å². The zero-order valence-electron chi connectivity index (χ0n) is 17.6. The number of carbonyl (C=O) groups is 2. The molecule has 0 aromatic carbocycles. The lowest BCUT2D eigenvalue weighted by molar-refractivity contribution is -0.0377. The van der Waals surface area contributed by atoms with Crippen molar-refractivity contribution in [1.82, 2.24) is 5.32 Å². The fourth-order valence-electron chi connectivity index (χ4n) is 3.97. The topological polar surface area (TPSA) is 99.9 Å². The number of amides is 2. The van der Waals surface area contributed by atoms with Gasteiger partial charge in [0.1, 0.15) is 13.2 Å². The van der Waals surface area contributed by atoms with Crippen molar-refractivity contribution >= 4 is 12.2 Å². The molecule has 1 rings (SSSR count). The Hall–Kier alpha value is -1.50. The van der Waals surface area contributed by atoms with Crippen LogP contribution in [-0.4, -0.2) is 44.7 Å². The number of alkyl carbamates (subject to hydrolysis) is 1. The first-order valence-electron chi connectivity index (χ1n) is 10.0. The first-order chi connectivity index (χ1) is 12.6. The fraction of sp³-hybridized carbons (Fsp3) is 0.900. The highest BCUT2D eigenvalue weighted by Crippen LogP contribution is 2.38. The number of ether oxygens (including phenoxy) is 3. The van der Waals surface area contributed by atoms with Gasteiger partial charge in [-0.05, 0) is 43.4 Å². The van der Waals surface area contributed by atoms with E-state index in [0.29, 0.717) is 25.6 Å². The molecule has 0 spiro atoms. The molecule has 7 heteroatoms. The second-order valence-electron chi connectivity index (χ2n) is 8.84. The van der Waals surface area contributed by atoms with Crippen molar-refractivity contribution in [2.75, 3.05) is 26.4 Å². The average molecular weight is 387 g/mol. The van der Waals surface area contributed by atoms with Crippen LogP contribution in [0.4, 0.5) is 9.59 Å². The Bertz CT molecular complexity index is 483. The highest BCUT2D eigenvalue weighted by molar-refractivity contribution is 5.67. The van der Waals surface area contributed by atoms with Crippen LogP contribution in [0.25, 0.3) is 0 Å². The number of hydrogen-bond acceptors (Lipinski definition) is 5. The second kappa shape index (κ2) is 10.7. The summed E-state index contributed by atoms with van der Waals surface area (Å²) >= 11 is 0. The molecule has 3 atom stereocenters. The van der Waals surface area contributed by atoms with Crippen molar-refractivity contribution in [3.05, 3.63) is 0 Å². The maximum atomic E-state index is 12.4. The van der Waals surface area contributed by atoms with E-state index in [-0.39, 0.29) is 24.7 Å². The molecule has 0 saturated heterocycles. The molecule has 0 aromatic heterocycles. The van der Waals surface area contributed by atoms with Crippen LogP contribution >= 0.6 is 0 Å². The smallest absolute Gasteiger partial charge is 0.407 e. The van der Waals surface area contributed by atoms with Crippen molar-refractivity contribution in [3.8, 4) is 0 Å². The van der Waals surface area contributed by atoms with E-state index in [0.717, 1.165) is 19.3 Å². The SMILES string of the molecule is CCCOCC(CC)(COC(N)=O)COC(=O)NC1CC(C)CC(C)(C)C1. The van der Waals surface area contributed by atoms with Gasteiger partial charge in [0, 0.05) is 12.6 Å². The highest BCUT2D eigenvalue weighted by atomic mass is 16.6. The Morgan fingerprint density at radius 2 is 1.81 bits per heavy atom. The third-order valence-electron chi connectivity index (χ3n) is 5.25. The van der Waals surface area contributed by atoms with E-state index in [9.17, 15) is 9.59 Å². The van der Waals surface area contributed by atoms with E-state index in [1.54, 1.807) is 0 Å². The maximum absolute atomic E-state index is 12.4. The molecule has 0 heterocycles. The van der Waals surface area contributed by atoms with Gasteiger partial charge < -0.3 is 25.3 Å². The third-order valence-corrected chi connectivity index (χ3v) is 5.25. The van der Waals surface area contributed by atoms with E-state index >= 15 is 0 Å². The van der Waals surface area contributed by atoms with Gasteiger partial charge in [0.15, 0.2) is 0 Å². The molecule has 3 N–H and O–H groups in total. The van der Waals surface area contributed by atoms with Gasteiger partial charge in [-0.15, -0.1) is 0 Å². The summed E-state index contributed by atoms with van der Waals surface area (Å²) < 4.78 is 16.2. The number of nitrogens with one attached hydrogen (secondary N) is 1. The number of nitrogens with two attached hydrogens (primary N) is 1. The van der Waals surface area contributed by atoms with Crippen molar-refractivity contribution in [2.45, 2.75) is 72.8 Å². The molecule has 1 aliphatic rings. The number of hydrogen-bond donors (Lipinski definition) is 2. The van der Waals surface area contributed by atoms with Gasteiger partial charge >= 0.3 is 12.2 Å². The van der Waals surface area contributed by atoms with E-state index in [1.807, 2.05) is 13.8 Å². The minimum atomic E-state index is -0.841. The van der Waals surface area contributed by atoms with E-state index < -0.39 is 17.6 Å². The molecule has 0 aliphatic heterocycles. The predicted molar refractivity (Wildman–Crippen MR) is 104 cm³/mol. The fourth-order valence-corrected chi connectivity index (χ4v) is 3.97. The maximum Gasteiger partial charge on any atom is 0.407 e. The number of rotatable bonds is 10. The monoisotopic (exact) mass is 386 g/mol. The van der Waals surface area contributed by atoms with Gasteiger partial charge in [0.25, 0.3) is 0 Å². The second-order valence-corrected chi connectivity index (χ2v) is 8.84. The molecule has 1 fully saturated rings. The van der Waals surface area contributed by atoms with Crippen molar-refractivity contribution in [1.29, 1.82) is 0 Å². The predicted octanol–water partition coefficient (Wildman–Crippen LogP) is 3.85. The van der Waals surface area contributed by atoms with Crippen LogP contribution in [0.5, 0.6) is 0 Å². The van der Waals surface area contributed by atoms with Crippen LogP contribution in [0.2, 0.25) is 0 Å². The first-order valence-corrected chi connectivity index (χ1v) is 10.0. The van der Waals surface area contributed by atoms with Gasteiger partial charge in [-0.1, -0.05) is 34.6 Å². The average Bonchev–Trinajstić information content (AvgIpc) is 2.55. The summed E-state index contributed by atoms with van der Waals surface area (Å²) in [5.74, 6) is 0.570. The molecule has 158 valence electrons. The lowest BCUT2D eigenvalue weighted by Crippen LogP contribution is -2.45. The third kappa shape index (κ3) is 8.82. The Kier molecular flexibility index (Phi) is 9.36. The molecule has 2 amide bonds. The lowest BCUT2D eigenvalue weighted by atomic mass is 9.71. The van der Waals surface area contributed by atoms with Crippen LogP contribution < -0.4 is 11.1 Å².